The number of hydrogen-bond donors (Lipinski definition) is 1. The lowest BCUT2D eigenvalue weighted by molar-refractivity contribution is -0.0780. The van der Waals surface area contributed by atoms with Crippen molar-refractivity contribution >= 4 is 11.9 Å². The lowest BCUT2D eigenvalue weighted by atomic mass is 10.1. The van der Waals surface area contributed by atoms with E-state index in [1.807, 2.05) is 30.3 Å². The first-order valence-corrected chi connectivity index (χ1v) is 7.58. The van der Waals surface area contributed by atoms with Gasteiger partial charge in [0.2, 0.25) is 0 Å². The van der Waals surface area contributed by atoms with Crippen molar-refractivity contribution in [2.24, 2.45) is 0 Å². The Labute approximate surface area is 139 Å². The third-order valence-corrected chi connectivity index (χ3v) is 3.62. The van der Waals surface area contributed by atoms with Crippen LogP contribution in [0.4, 0.5) is 0 Å². The van der Waals surface area contributed by atoms with Crippen LogP contribution in [0.2, 0.25) is 0 Å². The van der Waals surface area contributed by atoms with Crippen LogP contribution < -0.4 is 0 Å². The van der Waals surface area contributed by atoms with Crippen molar-refractivity contribution in [2.45, 2.75) is 12.7 Å². The molecule has 6 heteroatoms. The van der Waals surface area contributed by atoms with E-state index < -0.39 is 18.0 Å². The molecule has 124 valence electrons. The van der Waals surface area contributed by atoms with Gasteiger partial charge in [-0.15, -0.1) is 0 Å². The van der Waals surface area contributed by atoms with Crippen LogP contribution in [0.25, 0.3) is 0 Å². The fraction of sp³-hybridized carbons (Fsp3) is 0.222. The number of nitrogens with zero attached hydrogens (tertiary/aromatic N) is 1. The zero-order chi connectivity index (χ0) is 16.9. The smallest absolute Gasteiger partial charge is 0.339 e. The van der Waals surface area contributed by atoms with E-state index in [-0.39, 0.29) is 30.9 Å². The van der Waals surface area contributed by atoms with E-state index in [0.717, 1.165) is 10.6 Å². The first-order valence-electron chi connectivity index (χ1n) is 7.58. The summed E-state index contributed by atoms with van der Waals surface area (Å²) in [7, 11) is 0. The van der Waals surface area contributed by atoms with Crippen LogP contribution in [0, 0.1) is 0 Å². The molecule has 1 N–H and O–H groups in total. The van der Waals surface area contributed by atoms with Crippen LogP contribution in [0.15, 0.2) is 54.6 Å². The minimum atomic E-state index is -0.717. The molecule has 0 unspecified atom stereocenters. The Bertz CT molecular complexity index is 731. The van der Waals surface area contributed by atoms with Crippen LogP contribution in [0.3, 0.4) is 0 Å². The van der Waals surface area contributed by atoms with Gasteiger partial charge in [-0.3, -0.25) is 9.63 Å². The highest BCUT2D eigenvalue weighted by atomic mass is 16.7. The van der Waals surface area contributed by atoms with Gasteiger partial charge in [0, 0.05) is 0 Å². The first-order chi connectivity index (χ1) is 11.6. The number of hydrogen-bond acceptors (Lipinski definition) is 5. The molecule has 24 heavy (non-hydrogen) atoms. The number of ether oxygens (including phenoxy) is 1. The zero-order valence-electron chi connectivity index (χ0n) is 12.9. The number of hydroxylamine groups is 2. The maximum Gasteiger partial charge on any atom is 0.339 e. The second-order valence-electron chi connectivity index (χ2n) is 5.42. The number of benzene rings is 2. The van der Waals surface area contributed by atoms with Crippen molar-refractivity contribution in [1.29, 1.82) is 0 Å². The molecule has 1 heterocycles. The van der Waals surface area contributed by atoms with Crippen LogP contribution in [-0.2, 0) is 16.2 Å². The van der Waals surface area contributed by atoms with E-state index in [0.29, 0.717) is 0 Å². The van der Waals surface area contributed by atoms with Gasteiger partial charge in [0.25, 0.3) is 5.91 Å². The van der Waals surface area contributed by atoms with Crippen molar-refractivity contribution in [3.8, 4) is 0 Å². The molecule has 1 aliphatic heterocycles. The molecule has 1 aliphatic rings. The Kier molecular flexibility index (Phi) is 4.88. The van der Waals surface area contributed by atoms with Gasteiger partial charge < -0.3 is 9.84 Å². The maximum atomic E-state index is 12.5. The fourth-order valence-electron chi connectivity index (χ4n) is 2.40. The fourth-order valence-corrected chi connectivity index (χ4v) is 2.40. The number of aliphatic hydroxyl groups is 1. The predicted octanol–water partition coefficient (Wildman–Crippen LogP) is 1.79. The lowest BCUT2D eigenvalue weighted by Gasteiger charge is -2.16. The summed E-state index contributed by atoms with van der Waals surface area (Å²) in [5.41, 5.74) is 1.22. The largest absolute Gasteiger partial charge is 0.457 e. The molecule has 1 fully saturated rings. The van der Waals surface area contributed by atoms with Gasteiger partial charge in [-0.25, -0.2) is 9.86 Å². The Morgan fingerprint density at radius 3 is 2.42 bits per heavy atom. The van der Waals surface area contributed by atoms with E-state index in [9.17, 15) is 14.7 Å². The molecule has 1 saturated heterocycles. The summed E-state index contributed by atoms with van der Waals surface area (Å²) in [5.74, 6) is -1.05. The van der Waals surface area contributed by atoms with E-state index >= 15 is 0 Å². The second kappa shape index (κ2) is 7.25. The predicted molar refractivity (Wildman–Crippen MR) is 85.0 cm³/mol. The molecule has 2 aromatic carbocycles. The number of carbonyl (C=O) groups is 2. The summed E-state index contributed by atoms with van der Waals surface area (Å²) in [5, 5.41) is 10.5. The van der Waals surface area contributed by atoms with Gasteiger partial charge in [-0.2, -0.15) is 0 Å². The number of aliphatic hydroxyl groups excluding tert-OH is 1. The summed E-state index contributed by atoms with van der Waals surface area (Å²) in [4.78, 5) is 29.9. The average molecular weight is 327 g/mol. The molecular weight excluding hydrogens is 310 g/mol. The van der Waals surface area contributed by atoms with Crippen molar-refractivity contribution < 1.29 is 24.3 Å². The van der Waals surface area contributed by atoms with Crippen LogP contribution >= 0.6 is 0 Å². The van der Waals surface area contributed by atoms with Crippen molar-refractivity contribution in [2.75, 3.05) is 13.2 Å². The number of amides is 1. The third-order valence-electron chi connectivity index (χ3n) is 3.62. The number of carbonyl (C=O) groups excluding carboxylic acids is 2. The highest BCUT2D eigenvalue weighted by molar-refractivity contribution is 6.05. The molecule has 6 nitrogen and oxygen atoms in total. The van der Waals surface area contributed by atoms with Gasteiger partial charge in [-0.1, -0.05) is 42.5 Å². The lowest BCUT2D eigenvalue weighted by Crippen LogP contribution is -2.30. The Balaban J connectivity index is 1.73. The van der Waals surface area contributed by atoms with E-state index in [1.54, 1.807) is 12.1 Å². The first kappa shape index (κ1) is 16.2. The summed E-state index contributed by atoms with van der Waals surface area (Å²) < 4.78 is 5.29. The average Bonchev–Trinajstić information content (AvgIpc) is 3.06. The molecule has 0 saturated carbocycles. The molecule has 0 spiro atoms. The van der Waals surface area contributed by atoms with Crippen molar-refractivity contribution in [1.82, 2.24) is 5.06 Å². The Hall–Kier alpha value is -2.70. The third kappa shape index (κ3) is 3.61. The normalized spacial score (nSPS) is 16.9. The zero-order valence-corrected chi connectivity index (χ0v) is 12.9. The molecule has 0 bridgehead atoms. The summed E-state index contributed by atoms with van der Waals surface area (Å²) >= 11 is 0. The SMILES string of the molecule is O=C(OCc1ccccc1)c1ccccc1C(=O)N1C[C@@H](O)CO1. The number of β-amino-alcohol motifs (C(OH)–C–C–N with tert-alkyl or cyclic N) is 1. The maximum absolute atomic E-state index is 12.5. The molecule has 2 aromatic rings. The molecule has 1 amide bonds. The molecule has 1 atom stereocenters. The van der Waals surface area contributed by atoms with E-state index in [4.69, 9.17) is 9.57 Å². The molecule has 3 rings (SSSR count). The van der Waals surface area contributed by atoms with Crippen LogP contribution in [-0.4, -0.2) is 41.3 Å². The van der Waals surface area contributed by atoms with Crippen molar-refractivity contribution in [3.63, 3.8) is 0 Å². The molecule has 0 aliphatic carbocycles. The highest BCUT2D eigenvalue weighted by Gasteiger charge is 2.29. The van der Waals surface area contributed by atoms with Gasteiger partial charge in [0.15, 0.2) is 0 Å². The molecule has 0 radical (unpaired) electrons. The van der Waals surface area contributed by atoms with Crippen LogP contribution in [0.5, 0.6) is 0 Å². The summed E-state index contributed by atoms with van der Waals surface area (Å²) in [6.45, 7) is 0.264. The van der Waals surface area contributed by atoms with Crippen molar-refractivity contribution in [3.05, 3.63) is 71.3 Å². The van der Waals surface area contributed by atoms with Gasteiger partial charge in [-0.05, 0) is 17.7 Å². The van der Waals surface area contributed by atoms with E-state index in [2.05, 4.69) is 0 Å². The Morgan fingerprint density at radius 1 is 1.08 bits per heavy atom. The number of esters is 1. The van der Waals surface area contributed by atoms with Gasteiger partial charge in [0.1, 0.15) is 19.3 Å². The quantitative estimate of drug-likeness (QED) is 0.867. The minimum absolute atomic E-state index is 0.0619. The number of rotatable bonds is 4. The van der Waals surface area contributed by atoms with Gasteiger partial charge >= 0.3 is 5.97 Å². The van der Waals surface area contributed by atoms with Gasteiger partial charge in [0.05, 0.1) is 17.7 Å². The van der Waals surface area contributed by atoms with E-state index in [1.165, 1.54) is 12.1 Å². The minimum Gasteiger partial charge on any atom is -0.457 e. The molecule has 0 aromatic heterocycles. The second-order valence-corrected chi connectivity index (χ2v) is 5.42. The standard InChI is InChI=1S/C18H17NO5/c20-14-10-19(24-12-14)17(21)15-8-4-5-9-16(15)18(22)23-11-13-6-2-1-3-7-13/h1-9,14,20H,10-12H2/t14-/m1/s1. The summed E-state index contributed by atoms with van der Waals surface area (Å²) in [6.07, 6.45) is -0.717. The highest BCUT2D eigenvalue weighted by Crippen LogP contribution is 2.17. The Morgan fingerprint density at radius 2 is 1.75 bits per heavy atom. The molecular formula is C18H17NO5. The monoisotopic (exact) mass is 327 g/mol. The summed E-state index contributed by atoms with van der Waals surface area (Å²) in [6, 6.07) is 15.7. The van der Waals surface area contributed by atoms with Crippen LogP contribution in [0.1, 0.15) is 26.3 Å². The topological polar surface area (TPSA) is 76.1 Å².